The number of methoxy groups -OCH3 is 1. The molecule has 3 aromatic rings. The van der Waals surface area contributed by atoms with Crippen molar-refractivity contribution in [2.24, 2.45) is 4.99 Å². The van der Waals surface area contributed by atoms with Gasteiger partial charge in [0.15, 0.2) is 0 Å². The van der Waals surface area contributed by atoms with Crippen molar-refractivity contribution in [3.63, 3.8) is 0 Å². The van der Waals surface area contributed by atoms with Crippen molar-refractivity contribution in [3.05, 3.63) is 84.4 Å². The maximum absolute atomic E-state index is 12.5. The predicted molar refractivity (Wildman–Crippen MR) is 112 cm³/mol. The third-order valence-electron chi connectivity index (χ3n) is 3.99. The Balaban J connectivity index is 0.00000341. The first-order valence-electron chi connectivity index (χ1n) is 8.77. The smallest absolute Gasteiger partial charge is 0.744 e. The molecule has 0 heterocycles. The first-order chi connectivity index (χ1) is 14.3. The molecule has 0 spiro atoms. The molecule has 3 rings (SSSR count). The number of carbonyl (C=O) groups excluding carboxylic acids is 1. The van der Waals surface area contributed by atoms with E-state index < -0.39 is 10.1 Å². The normalized spacial score (nSPS) is 11.2. The van der Waals surface area contributed by atoms with Crippen LogP contribution in [0.1, 0.15) is 10.4 Å². The van der Waals surface area contributed by atoms with E-state index in [1.807, 2.05) is 0 Å². The Hall–Kier alpha value is -2.69. The van der Waals surface area contributed by atoms with Crippen molar-refractivity contribution in [3.8, 4) is 5.75 Å². The zero-order valence-corrected chi connectivity index (χ0v) is 19.7. The van der Waals surface area contributed by atoms with Crippen LogP contribution < -0.4 is 44.9 Å². The summed E-state index contributed by atoms with van der Waals surface area (Å²) in [7, 11) is -3.00. The van der Waals surface area contributed by atoms with Crippen LogP contribution in [-0.2, 0) is 10.1 Å². The number of carbonyl (C=O) groups is 1. The summed E-state index contributed by atoms with van der Waals surface area (Å²) in [5.74, 6) is 0.405. The summed E-state index contributed by atoms with van der Waals surface area (Å²) >= 11 is 0. The van der Waals surface area contributed by atoms with Crippen LogP contribution >= 0.6 is 0 Å². The Kier molecular flexibility index (Phi) is 8.78. The van der Waals surface area contributed by atoms with Crippen LogP contribution in [0, 0.1) is 0 Å². The summed E-state index contributed by atoms with van der Waals surface area (Å²) in [6.07, 6.45) is 0. The molecule has 0 fully saturated rings. The predicted octanol–water partition coefficient (Wildman–Crippen LogP) is 0.133. The largest absolute Gasteiger partial charge is 1.00 e. The average molecular weight is 447 g/mol. The third kappa shape index (κ3) is 7.20. The van der Waals surface area contributed by atoms with Crippen molar-refractivity contribution in [1.82, 2.24) is 5.32 Å². The van der Waals surface area contributed by atoms with Crippen LogP contribution in [0.2, 0.25) is 0 Å². The minimum absolute atomic E-state index is 0. The van der Waals surface area contributed by atoms with E-state index in [1.165, 1.54) is 12.1 Å². The SMILES string of the molecule is COc1ccc(NC(=Nc2ccc(S(=O)(=O)[O-])cc2)NC(=O)c2ccccc2)cc1.[Na+]. The Morgan fingerprint density at radius 3 is 2.10 bits per heavy atom. The fourth-order valence-corrected chi connectivity index (χ4v) is 2.95. The molecule has 8 nitrogen and oxygen atoms in total. The number of nitrogens with one attached hydrogen (secondary N) is 2. The molecular formula is C21H18N3NaO5S. The molecule has 0 aliphatic heterocycles. The third-order valence-corrected chi connectivity index (χ3v) is 4.84. The Morgan fingerprint density at radius 1 is 0.935 bits per heavy atom. The fourth-order valence-electron chi connectivity index (χ4n) is 2.48. The number of aliphatic imine (C=N–C) groups is 1. The number of nitrogens with zero attached hydrogens (tertiary/aromatic N) is 1. The second kappa shape index (κ2) is 11.1. The maximum Gasteiger partial charge on any atom is 1.00 e. The standard InChI is InChI=1S/C21H19N3O5S.Na/c1-29-18-11-7-16(8-12-18)22-21(24-20(25)15-5-3-2-4-6-15)23-17-9-13-19(14-10-17)30(26,27)28;/h2-14H,1H3,(H,26,27,28)(H2,22,23,24,25);/q;+1/p-1. The molecule has 0 bridgehead atoms. The number of benzene rings is 3. The maximum atomic E-state index is 12.5. The summed E-state index contributed by atoms with van der Waals surface area (Å²) in [5, 5.41) is 5.70. The van der Waals surface area contributed by atoms with E-state index in [0.717, 1.165) is 12.1 Å². The number of hydrogen-bond donors (Lipinski definition) is 2. The van der Waals surface area contributed by atoms with Crippen molar-refractivity contribution in [1.29, 1.82) is 0 Å². The molecule has 0 unspecified atom stereocenters. The quantitative estimate of drug-likeness (QED) is 0.248. The zero-order chi connectivity index (χ0) is 21.6. The molecule has 2 N–H and O–H groups in total. The summed E-state index contributed by atoms with van der Waals surface area (Å²) in [6.45, 7) is 0. The Labute approximate surface area is 202 Å². The molecule has 0 aliphatic rings. The van der Waals surface area contributed by atoms with Gasteiger partial charge in [-0.05, 0) is 60.7 Å². The van der Waals surface area contributed by atoms with Gasteiger partial charge in [0.2, 0.25) is 5.96 Å². The van der Waals surface area contributed by atoms with Gasteiger partial charge in [-0.25, -0.2) is 13.4 Å². The molecule has 0 aliphatic carbocycles. The van der Waals surface area contributed by atoms with Crippen LogP contribution in [0.25, 0.3) is 0 Å². The van der Waals surface area contributed by atoms with Crippen LogP contribution in [0.3, 0.4) is 0 Å². The Bertz CT molecular complexity index is 1150. The number of anilines is 1. The molecule has 0 radical (unpaired) electrons. The van der Waals surface area contributed by atoms with E-state index in [-0.39, 0.29) is 46.3 Å². The first kappa shape index (κ1) is 24.6. The van der Waals surface area contributed by atoms with E-state index in [0.29, 0.717) is 22.7 Å². The molecule has 10 heteroatoms. The second-order valence-electron chi connectivity index (χ2n) is 6.08. The van der Waals surface area contributed by atoms with Gasteiger partial charge in [-0.3, -0.25) is 10.1 Å². The summed E-state index contributed by atoms with van der Waals surface area (Å²) < 4.78 is 38.4. The van der Waals surface area contributed by atoms with Crippen LogP contribution in [0.4, 0.5) is 11.4 Å². The van der Waals surface area contributed by atoms with Gasteiger partial charge >= 0.3 is 29.6 Å². The monoisotopic (exact) mass is 447 g/mol. The number of guanidine groups is 1. The molecule has 31 heavy (non-hydrogen) atoms. The van der Waals surface area contributed by atoms with Gasteiger partial charge in [0, 0.05) is 11.3 Å². The molecule has 0 saturated heterocycles. The van der Waals surface area contributed by atoms with Crippen molar-refractivity contribution >= 4 is 33.4 Å². The average Bonchev–Trinajstić information content (AvgIpc) is 2.74. The number of hydrogen-bond acceptors (Lipinski definition) is 6. The van der Waals surface area contributed by atoms with Crippen molar-refractivity contribution in [2.75, 3.05) is 12.4 Å². The van der Waals surface area contributed by atoms with Crippen LogP contribution in [-0.4, -0.2) is 31.9 Å². The zero-order valence-electron chi connectivity index (χ0n) is 16.9. The van der Waals surface area contributed by atoms with Gasteiger partial charge in [0.25, 0.3) is 5.91 Å². The summed E-state index contributed by atoms with van der Waals surface area (Å²) in [4.78, 5) is 16.5. The topological polar surface area (TPSA) is 120 Å². The van der Waals surface area contributed by atoms with E-state index in [4.69, 9.17) is 4.74 Å². The summed E-state index contributed by atoms with van der Waals surface area (Å²) in [6, 6.07) is 20.6. The molecule has 1 amide bonds. The van der Waals surface area contributed by atoms with Crippen molar-refractivity contribution in [2.45, 2.75) is 4.90 Å². The van der Waals surface area contributed by atoms with E-state index in [2.05, 4.69) is 15.6 Å². The molecular weight excluding hydrogens is 429 g/mol. The van der Waals surface area contributed by atoms with Crippen molar-refractivity contribution < 1.29 is 52.1 Å². The Morgan fingerprint density at radius 2 is 1.55 bits per heavy atom. The van der Waals surface area contributed by atoms with Gasteiger partial charge in [0.05, 0.1) is 17.7 Å². The number of amides is 1. The first-order valence-corrected chi connectivity index (χ1v) is 10.2. The molecule has 154 valence electrons. The minimum Gasteiger partial charge on any atom is -0.744 e. The van der Waals surface area contributed by atoms with Gasteiger partial charge < -0.3 is 14.6 Å². The molecule has 0 atom stereocenters. The van der Waals surface area contributed by atoms with Crippen LogP contribution in [0.15, 0.2) is 88.8 Å². The van der Waals surface area contributed by atoms with E-state index in [1.54, 1.807) is 61.7 Å². The van der Waals surface area contributed by atoms with Gasteiger partial charge in [-0.15, -0.1) is 0 Å². The van der Waals surface area contributed by atoms with Gasteiger partial charge in [-0.1, -0.05) is 18.2 Å². The molecule has 0 saturated carbocycles. The van der Waals surface area contributed by atoms with Crippen LogP contribution in [0.5, 0.6) is 5.75 Å². The summed E-state index contributed by atoms with van der Waals surface area (Å²) in [5.41, 5.74) is 1.42. The number of rotatable bonds is 5. The minimum atomic E-state index is -4.55. The number of ether oxygens (including phenoxy) is 1. The van der Waals surface area contributed by atoms with Gasteiger partial charge in [-0.2, -0.15) is 0 Å². The second-order valence-corrected chi connectivity index (χ2v) is 7.46. The van der Waals surface area contributed by atoms with E-state index in [9.17, 15) is 17.8 Å². The fraction of sp³-hybridized carbons (Fsp3) is 0.0476. The molecule has 3 aromatic carbocycles. The molecule has 0 aromatic heterocycles. The van der Waals surface area contributed by atoms with Gasteiger partial charge in [0.1, 0.15) is 15.9 Å². The van der Waals surface area contributed by atoms with E-state index >= 15 is 0 Å².